The van der Waals surface area contributed by atoms with Crippen LogP contribution in [0.5, 0.6) is 5.75 Å². The number of halogens is 2. The molecule has 0 aliphatic carbocycles. The molecular formula is C23H18ClFN2O3. The number of para-hydroxylation sites is 1. The predicted molar refractivity (Wildman–Crippen MR) is 114 cm³/mol. The zero-order valence-corrected chi connectivity index (χ0v) is 17.1. The number of nitrogens with zero attached hydrogens (tertiary/aromatic N) is 2. The molecule has 30 heavy (non-hydrogen) atoms. The van der Waals surface area contributed by atoms with Gasteiger partial charge in [-0.15, -0.1) is 0 Å². The molecule has 0 aliphatic rings. The van der Waals surface area contributed by atoms with Gasteiger partial charge in [0.05, 0.1) is 5.69 Å². The number of ether oxygens (including phenoxy) is 1. The van der Waals surface area contributed by atoms with E-state index >= 15 is 0 Å². The third-order valence-corrected chi connectivity index (χ3v) is 4.89. The number of rotatable bonds is 5. The van der Waals surface area contributed by atoms with Gasteiger partial charge in [-0.05, 0) is 55.5 Å². The fourth-order valence-electron chi connectivity index (χ4n) is 3.07. The molecule has 0 aliphatic heterocycles. The fourth-order valence-corrected chi connectivity index (χ4v) is 3.23. The number of amides is 1. The Bertz CT molecular complexity index is 1210. The van der Waals surface area contributed by atoms with E-state index in [-0.39, 0.29) is 11.6 Å². The highest BCUT2D eigenvalue weighted by Crippen LogP contribution is 2.28. The molecule has 0 saturated heterocycles. The summed E-state index contributed by atoms with van der Waals surface area (Å²) in [5.41, 5.74) is 2.28. The molecule has 0 radical (unpaired) electrons. The summed E-state index contributed by atoms with van der Waals surface area (Å²) >= 11 is 5.98. The maximum absolute atomic E-state index is 13.9. The molecule has 7 heteroatoms. The Balaban J connectivity index is 1.47. The summed E-state index contributed by atoms with van der Waals surface area (Å²) in [6, 6.07) is 18.4. The number of likely N-dealkylation sites (N-methyl/N-ethyl adjacent to an activating group) is 1. The summed E-state index contributed by atoms with van der Waals surface area (Å²) in [5.74, 6) is 0.132. The predicted octanol–water partition coefficient (Wildman–Crippen LogP) is 5.72. The molecule has 0 unspecified atom stereocenters. The van der Waals surface area contributed by atoms with Crippen molar-refractivity contribution in [1.29, 1.82) is 0 Å². The van der Waals surface area contributed by atoms with Crippen molar-refractivity contribution >= 4 is 34.3 Å². The Morgan fingerprint density at radius 3 is 2.60 bits per heavy atom. The Hall–Kier alpha value is -3.38. The SMILES string of the molecule is C[C@@H](Oc1ccc(-c2nc3ccc(Cl)cc3o2)cc1)C(=O)N(C)c1ccccc1F. The summed E-state index contributed by atoms with van der Waals surface area (Å²) in [6.07, 6.45) is -0.799. The molecule has 0 N–H and O–H groups in total. The van der Waals surface area contributed by atoms with Crippen LogP contribution in [0, 0.1) is 5.82 Å². The summed E-state index contributed by atoms with van der Waals surface area (Å²) in [6.45, 7) is 1.62. The van der Waals surface area contributed by atoms with Gasteiger partial charge >= 0.3 is 0 Å². The van der Waals surface area contributed by atoms with Crippen LogP contribution in [-0.4, -0.2) is 24.0 Å². The van der Waals surface area contributed by atoms with Gasteiger partial charge in [0, 0.05) is 23.7 Å². The molecular weight excluding hydrogens is 407 g/mol. The Morgan fingerprint density at radius 2 is 1.87 bits per heavy atom. The molecule has 152 valence electrons. The lowest BCUT2D eigenvalue weighted by Crippen LogP contribution is -2.38. The maximum atomic E-state index is 13.9. The lowest BCUT2D eigenvalue weighted by Gasteiger charge is -2.22. The van der Waals surface area contributed by atoms with Crippen molar-refractivity contribution < 1.29 is 18.3 Å². The summed E-state index contributed by atoms with van der Waals surface area (Å²) < 4.78 is 25.4. The topological polar surface area (TPSA) is 55.6 Å². The summed E-state index contributed by atoms with van der Waals surface area (Å²) in [4.78, 5) is 18.3. The van der Waals surface area contributed by atoms with Gasteiger partial charge in [0.15, 0.2) is 11.7 Å². The van der Waals surface area contributed by atoms with Crippen molar-refractivity contribution in [3.8, 4) is 17.2 Å². The van der Waals surface area contributed by atoms with E-state index in [1.54, 1.807) is 67.6 Å². The molecule has 0 saturated carbocycles. The second-order valence-corrected chi connectivity index (χ2v) is 7.20. The van der Waals surface area contributed by atoms with E-state index in [0.29, 0.717) is 27.8 Å². The molecule has 3 aromatic carbocycles. The average Bonchev–Trinajstić information content (AvgIpc) is 3.16. The number of benzene rings is 3. The number of carbonyl (C=O) groups is 1. The van der Waals surface area contributed by atoms with Gasteiger partial charge in [0.1, 0.15) is 17.1 Å². The first kappa shape index (κ1) is 19.9. The number of fused-ring (bicyclic) bond motifs is 1. The van der Waals surface area contributed by atoms with Gasteiger partial charge in [-0.3, -0.25) is 4.79 Å². The largest absolute Gasteiger partial charge is 0.481 e. The summed E-state index contributed by atoms with van der Waals surface area (Å²) in [5, 5.41) is 0.577. The molecule has 1 aromatic heterocycles. The van der Waals surface area contributed by atoms with E-state index < -0.39 is 11.9 Å². The minimum absolute atomic E-state index is 0.198. The molecule has 5 nitrogen and oxygen atoms in total. The second kappa shape index (κ2) is 8.16. The van der Waals surface area contributed by atoms with E-state index in [1.165, 1.54) is 18.0 Å². The van der Waals surface area contributed by atoms with Crippen molar-refractivity contribution in [3.63, 3.8) is 0 Å². The van der Waals surface area contributed by atoms with Crippen molar-refractivity contribution in [1.82, 2.24) is 4.98 Å². The van der Waals surface area contributed by atoms with Crippen molar-refractivity contribution in [2.75, 3.05) is 11.9 Å². The Labute approximate surface area is 177 Å². The fraction of sp³-hybridized carbons (Fsp3) is 0.130. The monoisotopic (exact) mass is 424 g/mol. The second-order valence-electron chi connectivity index (χ2n) is 6.76. The van der Waals surface area contributed by atoms with Gasteiger partial charge < -0.3 is 14.1 Å². The molecule has 1 amide bonds. The number of oxazole rings is 1. The third-order valence-electron chi connectivity index (χ3n) is 4.66. The van der Waals surface area contributed by atoms with Crippen LogP contribution in [0.15, 0.2) is 71.1 Å². The van der Waals surface area contributed by atoms with Crippen LogP contribution in [0.4, 0.5) is 10.1 Å². The highest BCUT2D eigenvalue weighted by Gasteiger charge is 2.22. The first-order chi connectivity index (χ1) is 14.4. The van der Waals surface area contributed by atoms with Crippen LogP contribution < -0.4 is 9.64 Å². The van der Waals surface area contributed by atoms with Crippen LogP contribution in [0.3, 0.4) is 0 Å². The van der Waals surface area contributed by atoms with E-state index in [2.05, 4.69) is 4.98 Å². The molecule has 4 rings (SSSR count). The van der Waals surface area contributed by atoms with Crippen LogP contribution >= 0.6 is 11.6 Å². The smallest absolute Gasteiger partial charge is 0.267 e. The van der Waals surface area contributed by atoms with Gasteiger partial charge in [-0.2, -0.15) is 0 Å². The van der Waals surface area contributed by atoms with Gasteiger partial charge in [-0.25, -0.2) is 9.37 Å². The molecule has 4 aromatic rings. The van der Waals surface area contributed by atoms with Crippen LogP contribution in [0.1, 0.15) is 6.92 Å². The maximum Gasteiger partial charge on any atom is 0.267 e. The highest BCUT2D eigenvalue weighted by atomic mass is 35.5. The van der Waals surface area contributed by atoms with Gasteiger partial charge in [-0.1, -0.05) is 23.7 Å². The summed E-state index contributed by atoms with van der Waals surface area (Å²) in [7, 11) is 1.52. The number of aromatic nitrogens is 1. The Morgan fingerprint density at radius 1 is 1.13 bits per heavy atom. The molecule has 0 bridgehead atoms. The molecule has 1 heterocycles. The standard InChI is InChI=1S/C23H18ClFN2O3/c1-14(23(28)27(2)20-6-4-3-5-18(20)25)29-17-10-7-15(8-11-17)22-26-19-12-9-16(24)13-21(19)30-22/h3-14H,1-2H3/t14-/m1/s1. The highest BCUT2D eigenvalue weighted by molar-refractivity contribution is 6.31. The minimum atomic E-state index is -0.799. The molecule has 0 fully saturated rings. The van der Waals surface area contributed by atoms with Crippen molar-refractivity contribution in [3.05, 3.63) is 77.6 Å². The number of anilines is 1. The van der Waals surface area contributed by atoms with Crippen molar-refractivity contribution in [2.45, 2.75) is 13.0 Å². The molecule has 0 spiro atoms. The van der Waals surface area contributed by atoms with Gasteiger partial charge in [0.2, 0.25) is 5.89 Å². The molecule has 1 atom stereocenters. The quantitative estimate of drug-likeness (QED) is 0.411. The number of carbonyl (C=O) groups excluding carboxylic acids is 1. The van der Waals surface area contributed by atoms with Crippen LogP contribution in [0.25, 0.3) is 22.6 Å². The van der Waals surface area contributed by atoms with E-state index in [1.807, 2.05) is 0 Å². The number of hydrogen-bond donors (Lipinski definition) is 0. The lowest BCUT2D eigenvalue weighted by molar-refractivity contribution is -0.124. The lowest BCUT2D eigenvalue weighted by atomic mass is 10.2. The first-order valence-electron chi connectivity index (χ1n) is 9.27. The van der Waals surface area contributed by atoms with Crippen LogP contribution in [-0.2, 0) is 4.79 Å². The minimum Gasteiger partial charge on any atom is -0.481 e. The zero-order valence-electron chi connectivity index (χ0n) is 16.3. The number of hydrogen-bond acceptors (Lipinski definition) is 4. The van der Waals surface area contributed by atoms with E-state index in [0.717, 1.165) is 5.56 Å². The van der Waals surface area contributed by atoms with Crippen LogP contribution in [0.2, 0.25) is 5.02 Å². The first-order valence-corrected chi connectivity index (χ1v) is 9.65. The average molecular weight is 425 g/mol. The van der Waals surface area contributed by atoms with Gasteiger partial charge in [0.25, 0.3) is 5.91 Å². The van der Waals surface area contributed by atoms with Crippen molar-refractivity contribution in [2.24, 2.45) is 0 Å². The Kier molecular flexibility index (Phi) is 5.42. The zero-order chi connectivity index (χ0) is 21.3. The van der Waals surface area contributed by atoms with E-state index in [9.17, 15) is 9.18 Å². The third kappa shape index (κ3) is 4.00. The normalized spacial score (nSPS) is 12.0. The van der Waals surface area contributed by atoms with E-state index in [4.69, 9.17) is 20.8 Å².